The van der Waals surface area contributed by atoms with Crippen LogP contribution in [0.1, 0.15) is 5.56 Å². The molecule has 4 nitrogen and oxygen atoms in total. The van der Waals surface area contributed by atoms with Crippen LogP contribution >= 0.6 is 38.5 Å². The number of anilines is 1. The van der Waals surface area contributed by atoms with Gasteiger partial charge in [0.25, 0.3) is 0 Å². The van der Waals surface area contributed by atoms with E-state index in [0.29, 0.717) is 12.4 Å². The lowest BCUT2D eigenvalue weighted by molar-refractivity contribution is 0.304. The number of nitrogen functional groups attached to an aromatic ring is 1. The molecule has 1 heterocycles. The van der Waals surface area contributed by atoms with Crippen molar-refractivity contribution >= 4 is 44.3 Å². The van der Waals surface area contributed by atoms with Crippen molar-refractivity contribution in [1.29, 1.82) is 0 Å². The van der Waals surface area contributed by atoms with E-state index in [0.717, 1.165) is 30.6 Å². The fourth-order valence-corrected chi connectivity index (χ4v) is 3.09. The predicted octanol–water partition coefficient (Wildman–Crippen LogP) is 4.61. The fraction of sp³-hybridized carbons (Fsp3) is 0.0625. The van der Waals surface area contributed by atoms with Gasteiger partial charge in [0.15, 0.2) is 5.82 Å². The van der Waals surface area contributed by atoms with E-state index < -0.39 is 0 Å². The number of benzene rings is 2. The van der Waals surface area contributed by atoms with Crippen molar-refractivity contribution in [3.8, 4) is 17.0 Å². The lowest BCUT2D eigenvalue weighted by Gasteiger charge is -2.09. The highest BCUT2D eigenvalue weighted by atomic mass is 127. The number of nitrogens with one attached hydrogen (secondary N) is 1. The van der Waals surface area contributed by atoms with Crippen LogP contribution in [0.15, 0.2) is 53.0 Å². The summed E-state index contributed by atoms with van der Waals surface area (Å²) in [4.78, 5) is 0. The first kappa shape index (κ1) is 15.4. The van der Waals surface area contributed by atoms with Gasteiger partial charge in [-0.3, -0.25) is 5.10 Å². The van der Waals surface area contributed by atoms with Crippen LogP contribution in [-0.4, -0.2) is 10.2 Å². The summed E-state index contributed by atoms with van der Waals surface area (Å²) < 4.78 is 7.66. The van der Waals surface area contributed by atoms with E-state index in [-0.39, 0.29) is 0 Å². The summed E-state index contributed by atoms with van der Waals surface area (Å²) in [6.45, 7) is 0.535. The Morgan fingerprint density at radius 1 is 1.18 bits per heavy atom. The van der Waals surface area contributed by atoms with Gasteiger partial charge < -0.3 is 10.5 Å². The van der Waals surface area contributed by atoms with Crippen LogP contribution in [0.25, 0.3) is 11.3 Å². The van der Waals surface area contributed by atoms with Gasteiger partial charge in [0.05, 0.1) is 13.7 Å². The second kappa shape index (κ2) is 6.70. The molecule has 22 heavy (non-hydrogen) atoms. The number of H-pyrrole nitrogens is 1. The molecule has 112 valence electrons. The van der Waals surface area contributed by atoms with Crippen molar-refractivity contribution < 1.29 is 4.74 Å². The molecule has 0 saturated carbocycles. The second-order valence-electron chi connectivity index (χ2n) is 4.72. The number of nitrogens with two attached hydrogens (primary N) is 1. The Labute approximate surface area is 150 Å². The number of halogens is 2. The first-order chi connectivity index (χ1) is 10.6. The Morgan fingerprint density at radius 2 is 1.95 bits per heavy atom. The van der Waals surface area contributed by atoms with Crippen molar-refractivity contribution in [3.05, 3.63) is 62.1 Å². The zero-order valence-electron chi connectivity index (χ0n) is 11.5. The van der Waals surface area contributed by atoms with Crippen LogP contribution in [-0.2, 0) is 6.61 Å². The molecule has 3 N–H and O–H groups in total. The number of aromatic amines is 1. The molecule has 0 aliphatic rings. The maximum absolute atomic E-state index is 5.85. The molecule has 0 saturated heterocycles. The maximum Gasteiger partial charge on any atom is 0.159 e. The molecule has 0 unspecified atom stereocenters. The lowest BCUT2D eigenvalue weighted by atomic mass is 10.1. The highest BCUT2D eigenvalue weighted by Crippen LogP contribution is 2.33. The molecule has 3 aromatic rings. The number of aromatic nitrogens is 2. The topological polar surface area (TPSA) is 63.9 Å². The maximum atomic E-state index is 5.85. The molecular formula is C16H13BrIN3O. The third-order valence-corrected chi connectivity index (χ3v) is 4.90. The highest BCUT2D eigenvalue weighted by molar-refractivity contribution is 14.1. The summed E-state index contributed by atoms with van der Waals surface area (Å²) in [6, 6.07) is 16.0. The van der Waals surface area contributed by atoms with Gasteiger partial charge in [-0.1, -0.05) is 30.3 Å². The Kier molecular flexibility index (Phi) is 4.68. The molecule has 0 amide bonds. The zero-order valence-corrected chi connectivity index (χ0v) is 15.3. The number of ether oxygens (including phenoxy) is 1. The molecule has 2 aromatic carbocycles. The van der Waals surface area contributed by atoms with Crippen molar-refractivity contribution in [1.82, 2.24) is 10.2 Å². The standard InChI is InChI=1S/C16H13BrIN3O/c17-12-8-11(15-14(18)16(19)21-20-15)6-7-13(12)22-9-10-4-2-1-3-5-10/h1-8H,9H2,(H3,19,20,21). The van der Waals surface area contributed by atoms with E-state index in [1.165, 1.54) is 0 Å². The molecule has 6 heteroatoms. The minimum absolute atomic E-state index is 0.510. The van der Waals surface area contributed by atoms with Gasteiger partial charge in [-0.2, -0.15) is 5.10 Å². The minimum atomic E-state index is 0.510. The van der Waals surface area contributed by atoms with Crippen LogP contribution in [0.2, 0.25) is 0 Å². The van der Waals surface area contributed by atoms with E-state index in [1.54, 1.807) is 0 Å². The van der Waals surface area contributed by atoms with Gasteiger partial charge in [0.1, 0.15) is 12.4 Å². The van der Waals surface area contributed by atoms with Crippen molar-refractivity contribution in [2.75, 3.05) is 5.73 Å². The fourth-order valence-electron chi connectivity index (χ4n) is 2.04. The van der Waals surface area contributed by atoms with Gasteiger partial charge in [0.2, 0.25) is 0 Å². The van der Waals surface area contributed by atoms with Gasteiger partial charge in [0, 0.05) is 5.56 Å². The molecular weight excluding hydrogens is 457 g/mol. The van der Waals surface area contributed by atoms with E-state index in [2.05, 4.69) is 48.7 Å². The van der Waals surface area contributed by atoms with Gasteiger partial charge in [-0.15, -0.1) is 0 Å². The first-order valence-electron chi connectivity index (χ1n) is 6.61. The zero-order chi connectivity index (χ0) is 15.5. The van der Waals surface area contributed by atoms with Crippen LogP contribution < -0.4 is 10.5 Å². The predicted molar refractivity (Wildman–Crippen MR) is 99.6 cm³/mol. The molecule has 0 atom stereocenters. The Morgan fingerprint density at radius 3 is 2.59 bits per heavy atom. The van der Waals surface area contributed by atoms with Crippen LogP contribution in [0.3, 0.4) is 0 Å². The van der Waals surface area contributed by atoms with E-state index in [4.69, 9.17) is 10.5 Å². The van der Waals surface area contributed by atoms with Crippen molar-refractivity contribution in [2.45, 2.75) is 6.61 Å². The van der Waals surface area contributed by atoms with Crippen LogP contribution in [0, 0.1) is 3.57 Å². The van der Waals surface area contributed by atoms with Crippen molar-refractivity contribution in [3.63, 3.8) is 0 Å². The van der Waals surface area contributed by atoms with Crippen molar-refractivity contribution in [2.24, 2.45) is 0 Å². The Hall–Kier alpha value is -1.54. The minimum Gasteiger partial charge on any atom is -0.488 e. The molecule has 0 bridgehead atoms. The summed E-state index contributed by atoms with van der Waals surface area (Å²) in [5, 5.41) is 6.97. The molecule has 0 aliphatic heterocycles. The summed E-state index contributed by atoms with van der Waals surface area (Å²) in [7, 11) is 0. The lowest BCUT2D eigenvalue weighted by Crippen LogP contribution is -1.96. The normalized spacial score (nSPS) is 10.6. The number of rotatable bonds is 4. The number of hydrogen-bond donors (Lipinski definition) is 2. The summed E-state index contributed by atoms with van der Waals surface area (Å²) in [5.74, 6) is 1.31. The SMILES string of the molecule is Nc1n[nH]c(-c2ccc(OCc3ccccc3)c(Br)c2)c1I. The monoisotopic (exact) mass is 469 g/mol. The molecule has 1 aromatic heterocycles. The Balaban J connectivity index is 1.79. The quantitative estimate of drug-likeness (QED) is 0.548. The average Bonchev–Trinajstić information content (AvgIpc) is 2.87. The molecule has 0 aliphatic carbocycles. The summed E-state index contributed by atoms with van der Waals surface area (Å²) in [5.41, 5.74) is 8.82. The largest absolute Gasteiger partial charge is 0.488 e. The number of nitrogens with zero attached hydrogens (tertiary/aromatic N) is 1. The first-order valence-corrected chi connectivity index (χ1v) is 8.48. The molecule has 0 spiro atoms. The molecule has 3 rings (SSSR count). The smallest absolute Gasteiger partial charge is 0.159 e. The van der Waals surface area contributed by atoms with E-state index >= 15 is 0 Å². The number of hydrogen-bond acceptors (Lipinski definition) is 3. The Bertz CT molecular complexity index is 789. The average molecular weight is 470 g/mol. The third-order valence-electron chi connectivity index (χ3n) is 3.19. The van der Waals surface area contributed by atoms with Gasteiger partial charge >= 0.3 is 0 Å². The third kappa shape index (κ3) is 3.27. The highest BCUT2D eigenvalue weighted by Gasteiger charge is 2.11. The molecule has 0 fully saturated rings. The summed E-state index contributed by atoms with van der Waals surface area (Å²) in [6.07, 6.45) is 0. The van der Waals surface area contributed by atoms with E-state index in [9.17, 15) is 0 Å². The second-order valence-corrected chi connectivity index (χ2v) is 6.65. The van der Waals surface area contributed by atoms with Crippen LogP contribution in [0.5, 0.6) is 5.75 Å². The summed E-state index contributed by atoms with van der Waals surface area (Å²) >= 11 is 5.74. The van der Waals surface area contributed by atoms with Crippen LogP contribution in [0.4, 0.5) is 5.82 Å². The molecule has 0 radical (unpaired) electrons. The van der Waals surface area contributed by atoms with Gasteiger partial charge in [-0.05, 0) is 62.3 Å². The van der Waals surface area contributed by atoms with Gasteiger partial charge in [-0.25, -0.2) is 0 Å². The van der Waals surface area contributed by atoms with E-state index in [1.807, 2.05) is 48.5 Å².